The average Bonchev–Trinajstić information content (AvgIpc) is 3.23. The first-order valence-corrected chi connectivity index (χ1v) is 9.11. The standard InChI is InChI=1S/C19H25NO5/c1-22-19(21)16-17-14(24-15-9-5-6-12-23-15)10-11-20(17)25-18(16)13-7-3-2-4-8-13/h2-4,7-8,14-18H,5-6,9-12H2,1H3/t14-,15?,16?,17?,18?/m0/s1. The molecule has 0 amide bonds. The normalized spacial score (nSPS) is 35.5. The molecule has 25 heavy (non-hydrogen) atoms. The summed E-state index contributed by atoms with van der Waals surface area (Å²) in [6.45, 7) is 1.49. The maximum Gasteiger partial charge on any atom is 0.313 e. The van der Waals surface area contributed by atoms with E-state index < -0.39 is 5.92 Å². The minimum absolute atomic E-state index is 0.0825. The predicted octanol–water partition coefficient (Wildman–Crippen LogP) is 2.45. The number of nitrogens with zero attached hydrogens (tertiary/aromatic N) is 1. The van der Waals surface area contributed by atoms with E-state index in [1.165, 1.54) is 7.11 Å². The molecule has 3 aliphatic heterocycles. The summed E-state index contributed by atoms with van der Waals surface area (Å²) in [6, 6.07) is 9.72. The molecule has 3 heterocycles. The highest BCUT2D eigenvalue weighted by Gasteiger charge is 2.55. The Hall–Kier alpha value is -1.47. The first-order valence-electron chi connectivity index (χ1n) is 9.11. The van der Waals surface area contributed by atoms with Crippen molar-refractivity contribution in [2.45, 2.75) is 50.2 Å². The Morgan fingerprint density at radius 2 is 2.04 bits per heavy atom. The second kappa shape index (κ2) is 7.41. The molecule has 3 aliphatic rings. The van der Waals surface area contributed by atoms with Crippen molar-refractivity contribution < 1.29 is 23.8 Å². The quantitative estimate of drug-likeness (QED) is 0.780. The zero-order valence-electron chi connectivity index (χ0n) is 14.5. The third-order valence-corrected chi connectivity index (χ3v) is 5.36. The number of hydroxylamine groups is 2. The van der Waals surface area contributed by atoms with Gasteiger partial charge >= 0.3 is 5.97 Å². The number of rotatable bonds is 4. The van der Waals surface area contributed by atoms with Crippen LogP contribution in [0.4, 0.5) is 0 Å². The van der Waals surface area contributed by atoms with Crippen LogP contribution in [0.1, 0.15) is 37.4 Å². The molecule has 136 valence electrons. The summed E-state index contributed by atoms with van der Waals surface area (Å²) in [4.78, 5) is 18.7. The highest BCUT2D eigenvalue weighted by atomic mass is 16.7. The van der Waals surface area contributed by atoms with Gasteiger partial charge in [-0.25, -0.2) is 0 Å². The molecule has 6 heteroatoms. The van der Waals surface area contributed by atoms with E-state index in [2.05, 4.69) is 0 Å². The molecule has 4 unspecified atom stereocenters. The lowest BCUT2D eigenvalue weighted by Crippen LogP contribution is -2.42. The molecule has 1 aromatic carbocycles. The Kier molecular flexibility index (Phi) is 5.03. The van der Waals surface area contributed by atoms with Crippen LogP contribution in [0, 0.1) is 5.92 Å². The third-order valence-electron chi connectivity index (χ3n) is 5.36. The van der Waals surface area contributed by atoms with E-state index in [1.807, 2.05) is 35.4 Å². The zero-order valence-corrected chi connectivity index (χ0v) is 14.5. The number of benzene rings is 1. The second-order valence-electron chi connectivity index (χ2n) is 6.88. The molecule has 0 spiro atoms. The Labute approximate surface area is 147 Å². The number of hydrogen-bond acceptors (Lipinski definition) is 6. The molecule has 6 nitrogen and oxygen atoms in total. The van der Waals surface area contributed by atoms with Crippen LogP contribution in [0.2, 0.25) is 0 Å². The molecular weight excluding hydrogens is 322 g/mol. The van der Waals surface area contributed by atoms with Crippen LogP contribution in [0.3, 0.4) is 0 Å². The van der Waals surface area contributed by atoms with E-state index >= 15 is 0 Å². The summed E-state index contributed by atoms with van der Waals surface area (Å²) in [6.07, 6.45) is 3.36. The van der Waals surface area contributed by atoms with Gasteiger partial charge in [0, 0.05) is 13.2 Å². The van der Waals surface area contributed by atoms with Crippen LogP contribution < -0.4 is 0 Å². The highest BCUT2D eigenvalue weighted by molar-refractivity contribution is 5.74. The van der Waals surface area contributed by atoms with E-state index in [1.54, 1.807) is 0 Å². The SMILES string of the molecule is COC(=O)C1C(c2ccccc2)ON2CC[C@H](OC3CCCCO3)C12. The fourth-order valence-corrected chi connectivity index (χ4v) is 4.16. The first-order chi connectivity index (χ1) is 12.3. The zero-order chi connectivity index (χ0) is 17.2. The lowest BCUT2D eigenvalue weighted by atomic mass is 9.88. The van der Waals surface area contributed by atoms with E-state index in [-0.39, 0.29) is 30.5 Å². The van der Waals surface area contributed by atoms with E-state index in [0.717, 1.165) is 44.4 Å². The van der Waals surface area contributed by atoms with Gasteiger partial charge in [-0.1, -0.05) is 30.3 Å². The van der Waals surface area contributed by atoms with Gasteiger partial charge in [0.15, 0.2) is 6.29 Å². The Morgan fingerprint density at radius 1 is 1.20 bits per heavy atom. The first kappa shape index (κ1) is 17.0. The van der Waals surface area contributed by atoms with Gasteiger partial charge in [0.05, 0.1) is 19.3 Å². The van der Waals surface area contributed by atoms with Crippen molar-refractivity contribution in [3.05, 3.63) is 35.9 Å². The summed E-state index contributed by atoms with van der Waals surface area (Å²) in [5, 5.41) is 1.91. The van der Waals surface area contributed by atoms with Crippen molar-refractivity contribution in [2.75, 3.05) is 20.3 Å². The summed E-state index contributed by atoms with van der Waals surface area (Å²) in [5.74, 6) is -0.648. The number of fused-ring (bicyclic) bond motifs is 1. The molecule has 0 aliphatic carbocycles. The number of methoxy groups -OCH3 is 1. The molecule has 4 rings (SSSR count). The van der Waals surface area contributed by atoms with Gasteiger partial charge in [-0.3, -0.25) is 9.63 Å². The molecule has 0 N–H and O–H groups in total. The number of esters is 1. The highest BCUT2D eigenvalue weighted by Crippen LogP contribution is 2.45. The fraction of sp³-hybridized carbons (Fsp3) is 0.632. The van der Waals surface area contributed by atoms with E-state index in [9.17, 15) is 4.79 Å². The molecule has 3 fully saturated rings. The van der Waals surface area contributed by atoms with Crippen LogP contribution in [0.5, 0.6) is 0 Å². The minimum Gasteiger partial charge on any atom is -0.469 e. The summed E-state index contributed by atoms with van der Waals surface area (Å²) in [5.41, 5.74) is 0.986. The molecule has 0 radical (unpaired) electrons. The Morgan fingerprint density at radius 3 is 2.76 bits per heavy atom. The fourth-order valence-electron chi connectivity index (χ4n) is 4.16. The maximum atomic E-state index is 12.6. The monoisotopic (exact) mass is 347 g/mol. The summed E-state index contributed by atoms with van der Waals surface area (Å²) >= 11 is 0. The van der Waals surface area contributed by atoms with Gasteiger partial charge in [-0.15, -0.1) is 0 Å². The third kappa shape index (κ3) is 3.31. The molecule has 3 saturated heterocycles. The van der Waals surface area contributed by atoms with Gasteiger partial charge in [0.2, 0.25) is 0 Å². The topological polar surface area (TPSA) is 57.2 Å². The molecular formula is C19H25NO5. The van der Waals surface area contributed by atoms with E-state index in [0.29, 0.717) is 0 Å². The minimum atomic E-state index is -0.400. The summed E-state index contributed by atoms with van der Waals surface area (Å²) in [7, 11) is 1.43. The number of carbonyl (C=O) groups excluding carboxylic acids is 1. The van der Waals surface area contributed by atoms with Gasteiger partial charge in [0.25, 0.3) is 0 Å². The molecule has 0 saturated carbocycles. The molecule has 0 bridgehead atoms. The Balaban J connectivity index is 1.55. The Bertz CT molecular complexity index is 589. The van der Waals surface area contributed by atoms with Crippen molar-refractivity contribution in [1.82, 2.24) is 5.06 Å². The van der Waals surface area contributed by atoms with Gasteiger partial charge in [-0.05, 0) is 31.2 Å². The van der Waals surface area contributed by atoms with Crippen LogP contribution in [0.15, 0.2) is 30.3 Å². The van der Waals surface area contributed by atoms with Crippen molar-refractivity contribution in [1.29, 1.82) is 0 Å². The van der Waals surface area contributed by atoms with Crippen LogP contribution in [-0.2, 0) is 23.8 Å². The van der Waals surface area contributed by atoms with Gasteiger partial charge < -0.3 is 14.2 Å². The van der Waals surface area contributed by atoms with Crippen molar-refractivity contribution >= 4 is 5.97 Å². The lowest BCUT2D eigenvalue weighted by molar-refractivity contribution is -0.202. The summed E-state index contributed by atoms with van der Waals surface area (Å²) < 4.78 is 17.0. The predicted molar refractivity (Wildman–Crippen MR) is 89.3 cm³/mol. The van der Waals surface area contributed by atoms with Crippen LogP contribution >= 0.6 is 0 Å². The molecule has 1 aromatic rings. The van der Waals surface area contributed by atoms with E-state index in [4.69, 9.17) is 19.0 Å². The van der Waals surface area contributed by atoms with Gasteiger partial charge in [-0.2, -0.15) is 5.06 Å². The van der Waals surface area contributed by atoms with Gasteiger partial charge in [0.1, 0.15) is 12.0 Å². The smallest absolute Gasteiger partial charge is 0.313 e. The van der Waals surface area contributed by atoms with Crippen LogP contribution in [-0.4, -0.2) is 49.7 Å². The lowest BCUT2D eigenvalue weighted by Gasteiger charge is -2.30. The van der Waals surface area contributed by atoms with Crippen molar-refractivity contribution in [2.24, 2.45) is 5.92 Å². The average molecular weight is 347 g/mol. The van der Waals surface area contributed by atoms with Crippen molar-refractivity contribution in [3.63, 3.8) is 0 Å². The van der Waals surface area contributed by atoms with Crippen LogP contribution in [0.25, 0.3) is 0 Å². The molecule has 5 atom stereocenters. The molecule has 0 aromatic heterocycles. The number of carbonyl (C=O) groups is 1. The maximum absolute atomic E-state index is 12.6. The number of hydrogen-bond donors (Lipinski definition) is 0. The number of ether oxygens (including phenoxy) is 3. The second-order valence-corrected chi connectivity index (χ2v) is 6.88. The largest absolute Gasteiger partial charge is 0.469 e. The van der Waals surface area contributed by atoms with Crippen molar-refractivity contribution in [3.8, 4) is 0 Å².